The number of hydrogen-bond donors (Lipinski definition) is 0. The second-order valence-electron chi connectivity index (χ2n) is 5.38. The Bertz CT molecular complexity index is 676. The molecular formula is C13H15F2N3OS. The number of halogens is 2. The van der Waals surface area contributed by atoms with Crippen molar-refractivity contribution in [3.8, 4) is 0 Å². The van der Waals surface area contributed by atoms with E-state index in [1.807, 2.05) is 0 Å². The molecule has 1 unspecified atom stereocenters. The molecule has 0 saturated carbocycles. The Morgan fingerprint density at radius 3 is 2.60 bits per heavy atom. The van der Waals surface area contributed by atoms with Crippen LogP contribution in [0.15, 0.2) is 16.5 Å². The van der Waals surface area contributed by atoms with Crippen molar-refractivity contribution >= 4 is 28.6 Å². The fourth-order valence-electron chi connectivity index (χ4n) is 1.60. The molecule has 0 radical (unpaired) electrons. The van der Waals surface area contributed by atoms with Crippen molar-refractivity contribution in [2.24, 2.45) is 11.4 Å². The summed E-state index contributed by atoms with van der Waals surface area (Å²) in [5.41, 5.74) is 0.391. The van der Waals surface area contributed by atoms with Crippen molar-refractivity contribution in [1.82, 2.24) is 9.55 Å². The summed E-state index contributed by atoms with van der Waals surface area (Å²) in [4.78, 5) is 4.04. The van der Waals surface area contributed by atoms with Crippen LogP contribution in [-0.4, -0.2) is 25.1 Å². The summed E-state index contributed by atoms with van der Waals surface area (Å²) in [6, 6.07) is 1.98. The molecule has 0 saturated heterocycles. The monoisotopic (exact) mass is 299 g/mol. The maximum Gasteiger partial charge on any atom is 0.156 e. The first-order chi connectivity index (χ1) is 9.20. The average Bonchev–Trinajstić information content (AvgIpc) is 2.63. The molecule has 108 valence electrons. The first-order valence-electron chi connectivity index (χ1n) is 5.97. The van der Waals surface area contributed by atoms with Crippen molar-refractivity contribution in [3.05, 3.63) is 29.6 Å². The molecule has 20 heavy (non-hydrogen) atoms. The van der Waals surface area contributed by atoms with Gasteiger partial charge in [0.05, 0.1) is 5.52 Å². The van der Waals surface area contributed by atoms with Crippen LogP contribution in [0.25, 0.3) is 11.0 Å². The van der Waals surface area contributed by atoms with Gasteiger partial charge in [-0.05, 0) is 26.8 Å². The lowest BCUT2D eigenvalue weighted by molar-refractivity contribution is 0.561. The Labute approximate surface area is 118 Å². The number of nitrogens with zero attached hydrogens (tertiary/aromatic N) is 3. The summed E-state index contributed by atoms with van der Waals surface area (Å²) in [5, 5.41) is 0. The Kier molecular flexibility index (Phi) is 3.84. The van der Waals surface area contributed by atoms with Crippen molar-refractivity contribution in [2.45, 2.75) is 25.5 Å². The molecule has 0 fully saturated rings. The van der Waals surface area contributed by atoms with Gasteiger partial charge in [-0.25, -0.2) is 13.8 Å². The van der Waals surface area contributed by atoms with Crippen LogP contribution in [-0.2, 0) is 18.4 Å². The smallest absolute Gasteiger partial charge is 0.156 e. The highest BCUT2D eigenvalue weighted by Gasteiger charge is 2.26. The molecule has 0 amide bonds. The second-order valence-corrected chi connectivity index (χ2v) is 7.31. The predicted molar refractivity (Wildman–Crippen MR) is 76.1 cm³/mol. The fourth-order valence-corrected chi connectivity index (χ4v) is 2.11. The van der Waals surface area contributed by atoms with Crippen LogP contribution >= 0.6 is 0 Å². The summed E-state index contributed by atoms with van der Waals surface area (Å²) in [6.45, 7) is 5.39. The van der Waals surface area contributed by atoms with Crippen LogP contribution in [0.2, 0.25) is 0 Å². The molecule has 2 rings (SSSR count). The topological polar surface area (TPSA) is 53.2 Å². The minimum atomic E-state index is -1.43. The first-order valence-corrected chi connectivity index (χ1v) is 7.08. The molecule has 0 spiro atoms. The van der Waals surface area contributed by atoms with Gasteiger partial charge < -0.3 is 9.12 Å². The average molecular weight is 299 g/mol. The maximum atomic E-state index is 13.6. The zero-order chi connectivity index (χ0) is 15.1. The molecular weight excluding hydrogens is 284 g/mol. The summed E-state index contributed by atoms with van der Waals surface area (Å²) in [5.74, 6) is -1.07. The van der Waals surface area contributed by atoms with Crippen molar-refractivity contribution in [1.29, 1.82) is 0 Å². The molecule has 1 aromatic heterocycles. The van der Waals surface area contributed by atoms with Crippen LogP contribution in [0.4, 0.5) is 8.78 Å². The molecule has 4 nitrogen and oxygen atoms in total. The summed E-state index contributed by atoms with van der Waals surface area (Å²) in [6.07, 6.45) is 1.32. The number of hydrogen-bond acceptors (Lipinski definition) is 3. The van der Waals surface area contributed by atoms with E-state index < -0.39 is 27.7 Å². The van der Waals surface area contributed by atoms with Gasteiger partial charge in [-0.15, -0.1) is 0 Å². The summed E-state index contributed by atoms with van der Waals surface area (Å²) >= 11 is -1.43. The normalized spacial score (nSPS) is 14.3. The van der Waals surface area contributed by atoms with E-state index in [4.69, 9.17) is 0 Å². The lowest BCUT2D eigenvalue weighted by Crippen LogP contribution is -2.26. The van der Waals surface area contributed by atoms with Crippen LogP contribution in [0.3, 0.4) is 0 Å². The third-order valence-electron chi connectivity index (χ3n) is 2.73. The lowest BCUT2D eigenvalue weighted by atomic mass is 10.3. The van der Waals surface area contributed by atoms with E-state index in [1.54, 1.807) is 27.8 Å². The fraction of sp³-hybridized carbons (Fsp3) is 0.385. The minimum Gasteiger partial charge on any atom is -0.591 e. The number of fused-ring (bicyclic) bond motifs is 1. The third-order valence-corrected chi connectivity index (χ3v) is 4.07. The van der Waals surface area contributed by atoms with Crippen molar-refractivity contribution in [2.75, 3.05) is 0 Å². The number of imidazole rings is 1. The molecule has 7 heteroatoms. The Hall–Kier alpha value is -1.47. The summed E-state index contributed by atoms with van der Waals surface area (Å²) in [7, 11) is 1.62. The molecule has 1 heterocycles. The van der Waals surface area contributed by atoms with Gasteiger partial charge >= 0.3 is 0 Å². The largest absolute Gasteiger partial charge is 0.591 e. The van der Waals surface area contributed by atoms with Crippen LogP contribution < -0.4 is 0 Å². The molecule has 0 aliphatic heterocycles. The third kappa shape index (κ3) is 2.83. The van der Waals surface area contributed by atoms with E-state index in [0.717, 1.165) is 6.07 Å². The Balaban J connectivity index is 2.44. The number of rotatable bonds is 2. The van der Waals surface area contributed by atoms with E-state index in [0.29, 0.717) is 11.3 Å². The molecule has 1 aromatic carbocycles. The minimum absolute atomic E-state index is 0.0666. The summed E-state index contributed by atoms with van der Waals surface area (Å²) < 4.78 is 43.6. The maximum absolute atomic E-state index is 13.6. The zero-order valence-corrected chi connectivity index (χ0v) is 12.5. The molecule has 0 N–H and O–H groups in total. The molecule has 0 aliphatic carbocycles. The number of benzene rings is 1. The quantitative estimate of drug-likeness (QED) is 0.632. The van der Waals surface area contributed by atoms with Crippen molar-refractivity contribution in [3.63, 3.8) is 0 Å². The van der Waals surface area contributed by atoms with Gasteiger partial charge in [-0.2, -0.15) is 0 Å². The van der Waals surface area contributed by atoms with Gasteiger partial charge in [0.1, 0.15) is 33.7 Å². The Morgan fingerprint density at radius 2 is 2.00 bits per heavy atom. The first kappa shape index (κ1) is 14.9. The van der Waals surface area contributed by atoms with Gasteiger partial charge in [-0.1, -0.05) is 4.40 Å². The van der Waals surface area contributed by atoms with E-state index >= 15 is 0 Å². The number of aryl methyl sites for hydroxylation is 1. The molecule has 0 aliphatic rings. The second kappa shape index (κ2) is 5.14. The highest BCUT2D eigenvalue weighted by atomic mass is 32.2. The highest BCUT2D eigenvalue weighted by molar-refractivity contribution is 7.91. The molecule has 1 atom stereocenters. The SMILES string of the molecule is Cn1c(C=N[S+]([O-])C(C)(C)C)nc2c(F)cc(F)cc21. The lowest BCUT2D eigenvalue weighted by Gasteiger charge is -2.17. The van der Waals surface area contributed by atoms with Crippen molar-refractivity contribution < 1.29 is 13.3 Å². The van der Waals surface area contributed by atoms with Gasteiger partial charge in [0.2, 0.25) is 0 Å². The zero-order valence-electron chi connectivity index (χ0n) is 11.6. The van der Waals surface area contributed by atoms with Gasteiger partial charge in [-0.3, -0.25) is 0 Å². The van der Waals surface area contributed by atoms with Crippen LogP contribution in [0, 0.1) is 11.6 Å². The van der Waals surface area contributed by atoms with E-state index in [1.165, 1.54) is 16.8 Å². The molecule has 0 bridgehead atoms. The Morgan fingerprint density at radius 1 is 1.35 bits per heavy atom. The van der Waals surface area contributed by atoms with Gasteiger partial charge in [0, 0.05) is 13.1 Å². The van der Waals surface area contributed by atoms with Gasteiger partial charge in [0.25, 0.3) is 0 Å². The van der Waals surface area contributed by atoms with Crippen LogP contribution in [0.5, 0.6) is 0 Å². The van der Waals surface area contributed by atoms with E-state index in [9.17, 15) is 13.3 Å². The number of aromatic nitrogens is 2. The van der Waals surface area contributed by atoms with Crippen LogP contribution in [0.1, 0.15) is 26.6 Å². The standard InChI is InChI=1S/C13H15F2N3OS/c1-13(2,3)20(19)16-7-11-17-12-9(15)5-8(14)6-10(12)18(11)4/h5-7H,1-4H3. The van der Waals surface area contributed by atoms with E-state index in [2.05, 4.69) is 9.38 Å². The predicted octanol–water partition coefficient (Wildman–Crippen LogP) is 2.73. The van der Waals surface area contributed by atoms with Gasteiger partial charge in [0.15, 0.2) is 11.6 Å². The van der Waals surface area contributed by atoms with E-state index in [-0.39, 0.29) is 5.52 Å². The highest BCUT2D eigenvalue weighted by Crippen LogP contribution is 2.20. The molecule has 2 aromatic rings.